The number of amides is 1. The minimum atomic E-state index is -0.865. The van der Waals surface area contributed by atoms with Crippen molar-refractivity contribution in [2.75, 3.05) is 12.4 Å². The molecule has 0 saturated heterocycles. The monoisotopic (exact) mass is 501 g/mol. The predicted molar refractivity (Wildman–Crippen MR) is 138 cm³/mol. The highest BCUT2D eigenvalue weighted by Gasteiger charge is 2.42. The van der Waals surface area contributed by atoms with E-state index < -0.39 is 5.60 Å². The molecule has 1 aliphatic rings. The van der Waals surface area contributed by atoms with Crippen molar-refractivity contribution in [1.82, 2.24) is 40.2 Å². The van der Waals surface area contributed by atoms with Crippen LogP contribution in [0.15, 0.2) is 48.9 Å². The van der Waals surface area contributed by atoms with Crippen molar-refractivity contribution in [3.8, 4) is 5.82 Å². The van der Waals surface area contributed by atoms with E-state index >= 15 is 0 Å². The van der Waals surface area contributed by atoms with Crippen molar-refractivity contribution in [2.24, 2.45) is 0 Å². The maximum atomic E-state index is 13.2. The molecule has 1 aliphatic carbocycles. The van der Waals surface area contributed by atoms with Crippen LogP contribution in [-0.2, 0) is 16.1 Å². The standard InChI is InChI=1S/C26H31N9O2/c1-17-13-21(31-22-14-18(2)33-34-22)32-24(30-17)20-7-9-26(37-3,10-8-20)25(36)28-16-19-5-6-23(27-15-19)35-12-4-11-29-35/h4-6,11-15,20H,7-10,16H2,1-3H3,(H,28,36)(H2,30,31,32,33,34). The first-order valence-electron chi connectivity index (χ1n) is 12.4. The van der Waals surface area contributed by atoms with Crippen LogP contribution in [0.1, 0.15) is 54.4 Å². The number of pyridine rings is 1. The number of methoxy groups -OCH3 is 1. The second-order valence-electron chi connectivity index (χ2n) is 9.44. The molecule has 0 unspecified atom stereocenters. The number of nitrogens with one attached hydrogen (secondary N) is 3. The fourth-order valence-corrected chi connectivity index (χ4v) is 4.72. The van der Waals surface area contributed by atoms with E-state index in [1.165, 1.54) is 0 Å². The third kappa shape index (κ3) is 5.51. The van der Waals surface area contributed by atoms with Crippen molar-refractivity contribution in [3.05, 3.63) is 71.7 Å². The number of nitrogens with zero attached hydrogens (tertiary/aromatic N) is 6. The van der Waals surface area contributed by atoms with E-state index in [0.29, 0.717) is 31.0 Å². The average molecular weight is 502 g/mol. The van der Waals surface area contributed by atoms with Gasteiger partial charge in [0, 0.05) is 61.7 Å². The van der Waals surface area contributed by atoms with E-state index in [0.717, 1.165) is 41.4 Å². The van der Waals surface area contributed by atoms with Crippen molar-refractivity contribution >= 4 is 17.5 Å². The van der Waals surface area contributed by atoms with Gasteiger partial charge < -0.3 is 15.4 Å². The van der Waals surface area contributed by atoms with Crippen molar-refractivity contribution in [3.63, 3.8) is 0 Å². The Hall–Kier alpha value is -4.12. The molecule has 0 spiro atoms. The molecule has 0 bridgehead atoms. The van der Waals surface area contributed by atoms with Gasteiger partial charge in [0.25, 0.3) is 5.91 Å². The summed E-state index contributed by atoms with van der Waals surface area (Å²) >= 11 is 0. The Morgan fingerprint density at radius 1 is 1.19 bits per heavy atom. The fourth-order valence-electron chi connectivity index (χ4n) is 4.72. The van der Waals surface area contributed by atoms with Crippen LogP contribution in [-0.4, -0.2) is 53.5 Å². The lowest BCUT2D eigenvalue weighted by Gasteiger charge is -2.37. The average Bonchev–Trinajstić information content (AvgIpc) is 3.59. The molecule has 1 saturated carbocycles. The number of aromatic nitrogens is 7. The molecule has 4 aromatic heterocycles. The maximum absolute atomic E-state index is 13.2. The summed E-state index contributed by atoms with van der Waals surface area (Å²) in [6.45, 7) is 4.28. The molecule has 4 heterocycles. The van der Waals surface area contributed by atoms with Gasteiger partial charge in [-0.05, 0) is 57.2 Å². The number of hydrogen-bond donors (Lipinski definition) is 3. The fraction of sp³-hybridized carbons (Fsp3) is 0.385. The van der Waals surface area contributed by atoms with Crippen molar-refractivity contribution in [1.29, 1.82) is 0 Å². The third-order valence-electron chi connectivity index (χ3n) is 6.80. The molecule has 0 radical (unpaired) electrons. The zero-order chi connectivity index (χ0) is 25.8. The van der Waals surface area contributed by atoms with E-state index in [-0.39, 0.29) is 11.8 Å². The lowest BCUT2D eigenvalue weighted by atomic mass is 9.77. The van der Waals surface area contributed by atoms with Crippen LogP contribution in [0.4, 0.5) is 11.6 Å². The van der Waals surface area contributed by atoms with Crippen LogP contribution in [0.25, 0.3) is 5.82 Å². The van der Waals surface area contributed by atoms with E-state index in [1.54, 1.807) is 24.2 Å². The second-order valence-corrected chi connectivity index (χ2v) is 9.44. The molecule has 3 N–H and O–H groups in total. The molecule has 1 fully saturated rings. The van der Waals surface area contributed by atoms with Gasteiger partial charge in [0.05, 0.1) is 0 Å². The van der Waals surface area contributed by atoms with E-state index in [2.05, 4.69) is 30.9 Å². The first-order valence-corrected chi connectivity index (χ1v) is 12.4. The van der Waals surface area contributed by atoms with Gasteiger partial charge in [-0.3, -0.25) is 9.89 Å². The van der Waals surface area contributed by atoms with Crippen LogP contribution in [0, 0.1) is 13.8 Å². The van der Waals surface area contributed by atoms with Crippen LogP contribution in [0.5, 0.6) is 0 Å². The highest BCUT2D eigenvalue weighted by Crippen LogP contribution is 2.39. The van der Waals surface area contributed by atoms with Gasteiger partial charge in [-0.2, -0.15) is 10.2 Å². The predicted octanol–water partition coefficient (Wildman–Crippen LogP) is 3.50. The number of hydrogen-bond acceptors (Lipinski definition) is 8. The summed E-state index contributed by atoms with van der Waals surface area (Å²) in [4.78, 5) is 27.1. The Balaban J connectivity index is 1.20. The summed E-state index contributed by atoms with van der Waals surface area (Å²) in [6.07, 6.45) is 7.99. The van der Waals surface area contributed by atoms with Gasteiger partial charge >= 0.3 is 0 Å². The molecule has 0 aliphatic heterocycles. The Morgan fingerprint density at radius 2 is 2.03 bits per heavy atom. The molecular weight excluding hydrogens is 470 g/mol. The number of ether oxygens (including phenoxy) is 1. The Bertz CT molecular complexity index is 1340. The smallest absolute Gasteiger partial charge is 0.252 e. The Labute approximate surface area is 215 Å². The molecule has 192 valence electrons. The van der Waals surface area contributed by atoms with Gasteiger partial charge in [0.15, 0.2) is 11.6 Å². The van der Waals surface area contributed by atoms with E-state index in [9.17, 15) is 4.79 Å². The normalized spacial score (nSPS) is 19.5. The maximum Gasteiger partial charge on any atom is 0.252 e. The zero-order valence-electron chi connectivity index (χ0n) is 21.2. The van der Waals surface area contributed by atoms with Crippen molar-refractivity contribution in [2.45, 2.75) is 57.6 Å². The molecule has 0 atom stereocenters. The van der Waals surface area contributed by atoms with E-state index in [1.807, 2.05) is 50.4 Å². The van der Waals surface area contributed by atoms with Crippen LogP contribution < -0.4 is 10.6 Å². The quantitative estimate of drug-likeness (QED) is 0.334. The zero-order valence-corrected chi connectivity index (χ0v) is 21.2. The first kappa shape index (κ1) is 24.6. The first-order chi connectivity index (χ1) is 17.9. The minimum Gasteiger partial charge on any atom is -0.368 e. The van der Waals surface area contributed by atoms with Gasteiger partial charge in [0.1, 0.15) is 17.2 Å². The molecule has 0 aromatic carbocycles. The molecule has 37 heavy (non-hydrogen) atoms. The van der Waals surface area contributed by atoms with Crippen LogP contribution >= 0.6 is 0 Å². The van der Waals surface area contributed by atoms with Crippen LogP contribution in [0.2, 0.25) is 0 Å². The highest BCUT2D eigenvalue weighted by molar-refractivity contribution is 5.85. The molecule has 4 aromatic rings. The summed E-state index contributed by atoms with van der Waals surface area (Å²) in [5.41, 5.74) is 1.89. The molecular formula is C26H31N9O2. The molecule has 5 rings (SSSR count). The molecule has 11 nitrogen and oxygen atoms in total. The van der Waals surface area contributed by atoms with Gasteiger partial charge in [-0.25, -0.2) is 19.6 Å². The number of carbonyl (C=O) groups excluding carboxylic acids is 1. The number of aromatic amines is 1. The number of H-pyrrole nitrogens is 1. The topological polar surface area (TPSA) is 136 Å². The summed E-state index contributed by atoms with van der Waals surface area (Å²) in [5.74, 6) is 2.97. The number of anilines is 2. The summed E-state index contributed by atoms with van der Waals surface area (Å²) < 4.78 is 7.50. The Morgan fingerprint density at radius 3 is 2.68 bits per heavy atom. The summed E-state index contributed by atoms with van der Waals surface area (Å²) in [7, 11) is 1.61. The SMILES string of the molecule is COC1(C(=O)NCc2ccc(-n3cccn3)nc2)CCC(c2nc(C)cc(Nc3cc(C)[nH]n3)n2)CC1. The van der Waals surface area contributed by atoms with Gasteiger partial charge in [-0.15, -0.1) is 0 Å². The van der Waals surface area contributed by atoms with Crippen molar-refractivity contribution < 1.29 is 9.53 Å². The molecule has 11 heteroatoms. The van der Waals surface area contributed by atoms with E-state index in [4.69, 9.17) is 14.7 Å². The number of aryl methyl sites for hydroxylation is 2. The lowest BCUT2D eigenvalue weighted by Crippen LogP contribution is -2.50. The largest absolute Gasteiger partial charge is 0.368 e. The van der Waals surface area contributed by atoms with Gasteiger partial charge in [0.2, 0.25) is 0 Å². The van der Waals surface area contributed by atoms with Gasteiger partial charge in [-0.1, -0.05) is 6.07 Å². The number of carbonyl (C=O) groups is 1. The highest BCUT2D eigenvalue weighted by atomic mass is 16.5. The molecule has 1 amide bonds. The minimum absolute atomic E-state index is 0.106. The lowest BCUT2D eigenvalue weighted by molar-refractivity contribution is -0.148. The van der Waals surface area contributed by atoms with Crippen LogP contribution in [0.3, 0.4) is 0 Å². The number of rotatable bonds is 8. The summed E-state index contributed by atoms with van der Waals surface area (Å²) in [5, 5.41) is 17.6. The third-order valence-corrected chi connectivity index (χ3v) is 6.80. The second kappa shape index (κ2) is 10.5. The summed E-state index contributed by atoms with van der Waals surface area (Å²) in [6, 6.07) is 9.49. The Kier molecular flexibility index (Phi) is 6.95.